The smallest absolute Gasteiger partial charge is 0.212 e. The van der Waals surface area contributed by atoms with E-state index in [1.165, 1.54) is 5.53 Å². The van der Waals surface area contributed by atoms with Crippen LogP contribution >= 0.6 is 12.2 Å². The molecule has 0 aromatic carbocycles. The first kappa shape index (κ1) is 5.61. The average Bonchev–Trinajstić information content (AvgIpc) is 1.35. The number of quaternary nitrogens is 1. The molecule has 0 spiro atoms. The fourth-order valence-corrected chi connectivity index (χ4v) is 0.150. The second kappa shape index (κ2) is 2.83. The van der Waals surface area contributed by atoms with Gasteiger partial charge in [-0.15, -0.1) is 0 Å². The molecule has 0 saturated carbocycles. The van der Waals surface area contributed by atoms with Crippen molar-refractivity contribution in [1.29, 1.82) is 0 Å². The number of nitrogens with two attached hydrogens (primary N) is 3. The molecule has 0 aliphatic rings. The molecular formula is CH7N4S+. The summed E-state index contributed by atoms with van der Waals surface area (Å²) in [5, 5.41) is 0.192. The molecule has 0 atom stereocenters. The fraction of sp³-hybridized carbons (Fsp3) is 0. The lowest BCUT2D eigenvalue weighted by molar-refractivity contribution is -0.708. The zero-order valence-electron chi connectivity index (χ0n) is 3.14. The molecule has 36 valence electrons. The number of hydrogen-bond acceptors (Lipinski definition) is 2. The van der Waals surface area contributed by atoms with E-state index in [0.29, 0.717) is 0 Å². The first-order valence-corrected chi connectivity index (χ1v) is 1.77. The molecule has 5 heteroatoms. The van der Waals surface area contributed by atoms with E-state index in [2.05, 4.69) is 17.6 Å². The van der Waals surface area contributed by atoms with Crippen LogP contribution in [0.2, 0.25) is 0 Å². The topological polar surface area (TPSA) is 80.7 Å². The Balaban J connectivity index is 2.83. The Kier molecular flexibility index (Phi) is 2.64. The van der Waals surface area contributed by atoms with Gasteiger partial charge in [0.2, 0.25) is 5.11 Å². The minimum absolute atomic E-state index is 0.192. The summed E-state index contributed by atoms with van der Waals surface area (Å²) >= 11 is 4.35. The molecule has 0 unspecified atom stereocenters. The van der Waals surface area contributed by atoms with Crippen LogP contribution in [-0.2, 0) is 0 Å². The van der Waals surface area contributed by atoms with Gasteiger partial charge in [0.25, 0.3) is 0 Å². The second-order valence-electron chi connectivity index (χ2n) is 0.675. The third kappa shape index (κ3) is 3.61. The van der Waals surface area contributed by atoms with Crippen LogP contribution in [0.15, 0.2) is 0 Å². The highest BCUT2D eigenvalue weighted by Gasteiger charge is 1.76. The van der Waals surface area contributed by atoms with Crippen molar-refractivity contribution in [2.75, 3.05) is 0 Å². The van der Waals surface area contributed by atoms with Gasteiger partial charge < -0.3 is 5.73 Å². The van der Waals surface area contributed by atoms with E-state index in [0.717, 1.165) is 0 Å². The SMILES string of the molecule is N[NH2+]NC(N)=S. The molecule has 0 bridgehead atoms. The number of nitrogens with one attached hydrogen (secondary N) is 1. The van der Waals surface area contributed by atoms with Gasteiger partial charge >= 0.3 is 0 Å². The second-order valence-corrected chi connectivity index (χ2v) is 1.12. The van der Waals surface area contributed by atoms with Gasteiger partial charge in [-0.25, -0.2) is 0 Å². The summed E-state index contributed by atoms with van der Waals surface area (Å²) < 4.78 is 0. The maximum Gasteiger partial charge on any atom is 0.212 e. The van der Waals surface area contributed by atoms with Gasteiger partial charge in [0.15, 0.2) is 0 Å². The van der Waals surface area contributed by atoms with Crippen LogP contribution in [0.25, 0.3) is 0 Å². The summed E-state index contributed by atoms with van der Waals surface area (Å²) in [6.07, 6.45) is 0. The summed E-state index contributed by atoms with van der Waals surface area (Å²) in [7, 11) is 0. The van der Waals surface area contributed by atoms with Gasteiger partial charge in [0.05, 0.1) is 0 Å². The maximum absolute atomic E-state index is 4.91. The van der Waals surface area contributed by atoms with Crippen LogP contribution < -0.4 is 22.5 Å². The van der Waals surface area contributed by atoms with Crippen molar-refractivity contribution in [2.24, 2.45) is 11.6 Å². The van der Waals surface area contributed by atoms with Crippen molar-refractivity contribution in [3.63, 3.8) is 0 Å². The number of thiocarbonyl (C=S) groups is 1. The quantitative estimate of drug-likeness (QED) is 0.165. The lowest BCUT2D eigenvalue weighted by atomic mass is 11.2. The molecule has 0 aliphatic heterocycles. The lowest BCUT2D eigenvalue weighted by Crippen LogP contribution is -3.00. The Hall–Kier alpha value is -0.390. The highest BCUT2D eigenvalue weighted by molar-refractivity contribution is 7.80. The predicted octanol–water partition coefficient (Wildman–Crippen LogP) is -2.83. The molecule has 0 rings (SSSR count). The minimum Gasteiger partial charge on any atom is -0.372 e. The predicted molar refractivity (Wildman–Crippen MR) is 26.0 cm³/mol. The molecule has 4 nitrogen and oxygen atoms in total. The lowest BCUT2D eigenvalue weighted by Gasteiger charge is -1.90. The van der Waals surface area contributed by atoms with E-state index < -0.39 is 0 Å². The largest absolute Gasteiger partial charge is 0.372 e. The first-order chi connectivity index (χ1) is 2.77. The zero-order chi connectivity index (χ0) is 4.99. The summed E-state index contributed by atoms with van der Waals surface area (Å²) in [4.78, 5) is 0. The summed E-state index contributed by atoms with van der Waals surface area (Å²) in [6.45, 7) is 0. The van der Waals surface area contributed by atoms with Gasteiger partial charge in [-0.3, -0.25) is 0 Å². The van der Waals surface area contributed by atoms with Crippen LogP contribution in [0.3, 0.4) is 0 Å². The normalized spacial score (nSPS) is 7.50. The van der Waals surface area contributed by atoms with Crippen molar-refractivity contribution in [3.05, 3.63) is 0 Å². The van der Waals surface area contributed by atoms with E-state index in [9.17, 15) is 0 Å². The van der Waals surface area contributed by atoms with Gasteiger partial charge in [-0.2, -0.15) is 16.8 Å². The monoisotopic (exact) mass is 107 g/mol. The van der Waals surface area contributed by atoms with E-state index in [-0.39, 0.29) is 5.11 Å². The number of hydrogen-bond donors (Lipinski definition) is 4. The van der Waals surface area contributed by atoms with Crippen molar-refractivity contribution in [1.82, 2.24) is 5.43 Å². The highest BCUT2D eigenvalue weighted by Crippen LogP contribution is 1.39. The Bertz CT molecular complexity index is 51.5. The van der Waals surface area contributed by atoms with Crippen molar-refractivity contribution < 1.29 is 5.53 Å². The molecular weight excluding hydrogens is 100 g/mol. The van der Waals surface area contributed by atoms with Gasteiger partial charge in [0.1, 0.15) is 0 Å². The molecule has 0 amide bonds. The van der Waals surface area contributed by atoms with Crippen molar-refractivity contribution in [2.45, 2.75) is 0 Å². The van der Waals surface area contributed by atoms with Crippen LogP contribution in [0.4, 0.5) is 0 Å². The van der Waals surface area contributed by atoms with E-state index in [1.54, 1.807) is 0 Å². The Labute approximate surface area is 40.8 Å². The third-order valence-electron chi connectivity index (χ3n) is 0.226. The number of rotatable bonds is 1. The van der Waals surface area contributed by atoms with E-state index in [4.69, 9.17) is 11.6 Å². The molecule has 0 aromatic rings. The standard InChI is InChI=1S/CH6N4S/c2-1(6)4-5-3/h5H,3H2,(H3,2,4,6)/p+1. The van der Waals surface area contributed by atoms with E-state index in [1.807, 2.05) is 0 Å². The van der Waals surface area contributed by atoms with E-state index >= 15 is 0 Å². The highest BCUT2D eigenvalue weighted by atomic mass is 32.1. The van der Waals surface area contributed by atoms with Gasteiger partial charge in [-0.1, -0.05) is 0 Å². The molecule has 7 N–H and O–H groups in total. The Morgan fingerprint density at radius 1 is 1.83 bits per heavy atom. The average molecular weight is 107 g/mol. The molecule has 0 aliphatic carbocycles. The summed E-state index contributed by atoms with van der Waals surface area (Å²) in [6, 6.07) is 0. The maximum atomic E-state index is 4.91. The van der Waals surface area contributed by atoms with Crippen LogP contribution in [0.5, 0.6) is 0 Å². The van der Waals surface area contributed by atoms with Crippen molar-refractivity contribution >= 4 is 17.3 Å². The molecule has 0 aromatic heterocycles. The molecule has 0 heterocycles. The molecule has 0 fully saturated rings. The summed E-state index contributed by atoms with van der Waals surface area (Å²) in [5.41, 5.74) is 8.47. The summed E-state index contributed by atoms with van der Waals surface area (Å²) in [5.74, 6) is 4.83. The Morgan fingerprint density at radius 2 is 2.33 bits per heavy atom. The van der Waals surface area contributed by atoms with Crippen LogP contribution in [-0.4, -0.2) is 5.11 Å². The van der Waals surface area contributed by atoms with Crippen LogP contribution in [0, 0.1) is 0 Å². The zero-order valence-corrected chi connectivity index (χ0v) is 3.96. The molecule has 0 saturated heterocycles. The van der Waals surface area contributed by atoms with Gasteiger partial charge in [-0.05, 0) is 12.2 Å². The van der Waals surface area contributed by atoms with Crippen molar-refractivity contribution in [3.8, 4) is 0 Å². The van der Waals surface area contributed by atoms with Crippen LogP contribution in [0.1, 0.15) is 0 Å². The molecule has 0 radical (unpaired) electrons. The third-order valence-corrected chi connectivity index (χ3v) is 0.343. The molecule has 6 heavy (non-hydrogen) atoms. The minimum atomic E-state index is 0.192. The Morgan fingerprint density at radius 3 is 2.33 bits per heavy atom. The first-order valence-electron chi connectivity index (χ1n) is 1.36. The van der Waals surface area contributed by atoms with Gasteiger partial charge in [0, 0.05) is 0 Å². The fourth-order valence-electron chi connectivity index (χ4n) is 0.0821.